The van der Waals surface area contributed by atoms with Gasteiger partial charge in [-0.15, -0.1) is 0 Å². The molecule has 122 valence electrons. The van der Waals surface area contributed by atoms with Crippen LogP contribution in [0.4, 0.5) is 0 Å². The molecule has 21 heavy (non-hydrogen) atoms. The van der Waals surface area contributed by atoms with Crippen molar-refractivity contribution in [3.05, 3.63) is 12.3 Å². The predicted molar refractivity (Wildman–Crippen MR) is 91.2 cm³/mol. The number of ether oxygens (including phenoxy) is 1. The van der Waals surface area contributed by atoms with E-state index >= 15 is 0 Å². The molecule has 0 spiro atoms. The summed E-state index contributed by atoms with van der Waals surface area (Å²) in [6.07, 6.45) is 21.2. The van der Waals surface area contributed by atoms with Crippen LogP contribution in [0.15, 0.2) is 12.3 Å². The van der Waals surface area contributed by atoms with Crippen LogP contribution in [0.5, 0.6) is 0 Å². The van der Waals surface area contributed by atoms with Gasteiger partial charge in [-0.25, -0.2) is 0 Å². The molecule has 0 saturated heterocycles. The minimum atomic E-state index is 0.505. The van der Waals surface area contributed by atoms with Gasteiger partial charge in [-0.3, -0.25) is 0 Å². The van der Waals surface area contributed by atoms with Crippen molar-refractivity contribution in [1.29, 1.82) is 0 Å². The number of hydrogen-bond acceptors (Lipinski definition) is 1. The van der Waals surface area contributed by atoms with Crippen molar-refractivity contribution >= 4 is 0 Å². The van der Waals surface area contributed by atoms with Crippen LogP contribution >= 0.6 is 0 Å². The van der Waals surface area contributed by atoms with E-state index in [1.165, 1.54) is 77.0 Å². The van der Waals surface area contributed by atoms with Crippen molar-refractivity contribution in [2.45, 2.75) is 97.0 Å². The fourth-order valence-corrected chi connectivity index (χ4v) is 4.36. The van der Waals surface area contributed by atoms with Crippen molar-refractivity contribution in [3.8, 4) is 0 Å². The maximum Gasteiger partial charge on any atom is 0.0981 e. The third kappa shape index (κ3) is 5.68. The molecule has 2 aliphatic carbocycles. The van der Waals surface area contributed by atoms with Crippen LogP contribution in [0, 0.1) is 17.8 Å². The van der Waals surface area contributed by atoms with Gasteiger partial charge in [0.15, 0.2) is 0 Å². The third-order valence-corrected chi connectivity index (χ3v) is 5.89. The maximum absolute atomic E-state index is 6.01. The minimum absolute atomic E-state index is 0.505. The Bertz CT molecular complexity index is 288. The second kappa shape index (κ2) is 9.54. The van der Waals surface area contributed by atoms with Gasteiger partial charge >= 0.3 is 0 Å². The van der Waals surface area contributed by atoms with Crippen LogP contribution < -0.4 is 0 Å². The fourth-order valence-electron chi connectivity index (χ4n) is 4.36. The van der Waals surface area contributed by atoms with Gasteiger partial charge in [0.25, 0.3) is 0 Å². The first-order valence-corrected chi connectivity index (χ1v) is 9.63. The molecule has 0 heterocycles. The molecule has 0 bridgehead atoms. The lowest BCUT2D eigenvalue weighted by atomic mass is 9.70. The summed E-state index contributed by atoms with van der Waals surface area (Å²) in [6.45, 7) is 4.61. The van der Waals surface area contributed by atoms with E-state index in [2.05, 4.69) is 19.9 Å². The number of allylic oxidation sites excluding steroid dienone is 1. The highest BCUT2D eigenvalue weighted by Gasteiger charge is 2.31. The monoisotopic (exact) mass is 292 g/mol. The molecule has 0 aromatic rings. The summed E-state index contributed by atoms with van der Waals surface area (Å²) in [7, 11) is 0. The molecule has 2 fully saturated rings. The van der Waals surface area contributed by atoms with E-state index < -0.39 is 0 Å². The van der Waals surface area contributed by atoms with Gasteiger partial charge in [-0.2, -0.15) is 0 Å². The summed E-state index contributed by atoms with van der Waals surface area (Å²) >= 11 is 0. The summed E-state index contributed by atoms with van der Waals surface area (Å²) < 4.78 is 6.01. The molecule has 0 aliphatic heterocycles. The standard InChI is InChI=1S/C20H36O/c1-3-5-6-7-15-21-20-10-8-9-19(16-20)18-13-11-17(4-2)12-14-18/h7,15,17-20H,3-6,8-14,16H2,1-2H3/t17?,18?,19-,20-/m1/s1. The zero-order valence-electron chi connectivity index (χ0n) is 14.4. The van der Waals surface area contributed by atoms with Crippen LogP contribution in [0.25, 0.3) is 0 Å². The SMILES string of the molecule is CCCCC=CO[C@@H]1CCC[C@@H](C2CCC(CC)CC2)C1. The molecule has 0 aromatic carbocycles. The van der Waals surface area contributed by atoms with Crippen molar-refractivity contribution in [3.63, 3.8) is 0 Å². The van der Waals surface area contributed by atoms with Crippen molar-refractivity contribution in [2.75, 3.05) is 0 Å². The minimum Gasteiger partial charge on any atom is -0.498 e. The molecule has 0 unspecified atom stereocenters. The van der Waals surface area contributed by atoms with Crippen LogP contribution in [-0.4, -0.2) is 6.10 Å². The first-order chi connectivity index (χ1) is 10.3. The molecule has 1 heteroatoms. The molecule has 1 nitrogen and oxygen atoms in total. The summed E-state index contributed by atoms with van der Waals surface area (Å²) in [5, 5.41) is 0. The van der Waals surface area contributed by atoms with E-state index in [9.17, 15) is 0 Å². The maximum atomic E-state index is 6.01. The largest absolute Gasteiger partial charge is 0.498 e. The van der Waals surface area contributed by atoms with Gasteiger partial charge in [0, 0.05) is 0 Å². The summed E-state index contributed by atoms with van der Waals surface area (Å²) in [5.41, 5.74) is 0. The van der Waals surface area contributed by atoms with Gasteiger partial charge in [0.05, 0.1) is 12.4 Å². The van der Waals surface area contributed by atoms with Crippen molar-refractivity contribution < 1.29 is 4.74 Å². The Morgan fingerprint density at radius 3 is 2.48 bits per heavy atom. The Hall–Kier alpha value is -0.460. The Balaban J connectivity index is 1.69. The first-order valence-electron chi connectivity index (χ1n) is 9.63. The Labute approximate surface area is 132 Å². The smallest absolute Gasteiger partial charge is 0.0981 e. The quantitative estimate of drug-likeness (QED) is 0.385. The summed E-state index contributed by atoms with van der Waals surface area (Å²) in [6, 6.07) is 0. The van der Waals surface area contributed by atoms with Crippen molar-refractivity contribution in [1.82, 2.24) is 0 Å². The second-order valence-corrected chi connectivity index (χ2v) is 7.39. The fraction of sp³-hybridized carbons (Fsp3) is 0.900. The van der Waals surface area contributed by atoms with Crippen LogP contribution in [0.2, 0.25) is 0 Å². The highest BCUT2D eigenvalue weighted by molar-refractivity contribution is 4.84. The lowest BCUT2D eigenvalue weighted by molar-refractivity contribution is 0.0513. The normalized spacial score (nSPS) is 34.2. The lowest BCUT2D eigenvalue weighted by Crippen LogP contribution is -2.29. The van der Waals surface area contributed by atoms with E-state index in [0.717, 1.165) is 17.8 Å². The Morgan fingerprint density at radius 1 is 0.952 bits per heavy atom. The molecule has 2 saturated carbocycles. The molecule has 0 aromatic heterocycles. The van der Waals surface area contributed by atoms with E-state index in [1.54, 1.807) is 0 Å². The van der Waals surface area contributed by atoms with E-state index in [1.807, 2.05) is 6.26 Å². The molecular weight excluding hydrogens is 256 g/mol. The van der Waals surface area contributed by atoms with Crippen molar-refractivity contribution in [2.24, 2.45) is 17.8 Å². The Kier molecular flexibility index (Phi) is 7.68. The van der Waals surface area contributed by atoms with Gasteiger partial charge in [-0.1, -0.05) is 39.5 Å². The molecule has 2 rings (SSSR count). The zero-order chi connectivity index (χ0) is 14.9. The average molecular weight is 293 g/mol. The third-order valence-electron chi connectivity index (χ3n) is 5.89. The topological polar surface area (TPSA) is 9.23 Å². The highest BCUT2D eigenvalue weighted by atomic mass is 16.5. The van der Waals surface area contributed by atoms with E-state index in [0.29, 0.717) is 6.10 Å². The van der Waals surface area contributed by atoms with Crippen LogP contribution in [0.1, 0.15) is 90.9 Å². The van der Waals surface area contributed by atoms with Gasteiger partial charge in [0.2, 0.25) is 0 Å². The molecular formula is C20H36O. The van der Waals surface area contributed by atoms with Gasteiger partial charge in [0.1, 0.15) is 0 Å². The molecule has 0 amide bonds. The summed E-state index contributed by atoms with van der Waals surface area (Å²) in [4.78, 5) is 0. The number of hydrogen-bond donors (Lipinski definition) is 0. The first kappa shape index (κ1) is 16.9. The predicted octanol–water partition coefficient (Wildman–Crippen LogP) is 6.48. The van der Waals surface area contributed by atoms with E-state index in [4.69, 9.17) is 4.74 Å². The molecule has 0 N–H and O–H groups in total. The molecule has 0 radical (unpaired) electrons. The van der Waals surface area contributed by atoms with E-state index in [-0.39, 0.29) is 0 Å². The zero-order valence-corrected chi connectivity index (χ0v) is 14.4. The number of unbranched alkanes of at least 4 members (excludes halogenated alkanes) is 2. The summed E-state index contributed by atoms with van der Waals surface area (Å²) in [5.74, 6) is 2.98. The average Bonchev–Trinajstić information content (AvgIpc) is 2.55. The van der Waals surface area contributed by atoms with Gasteiger partial charge < -0.3 is 4.74 Å². The Morgan fingerprint density at radius 2 is 1.76 bits per heavy atom. The lowest BCUT2D eigenvalue weighted by Gasteiger charge is -2.38. The highest BCUT2D eigenvalue weighted by Crippen LogP contribution is 2.41. The molecule has 2 aliphatic rings. The van der Waals surface area contributed by atoms with Gasteiger partial charge in [-0.05, 0) is 75.2 Å². The van der Waals surface area contributed by atoms with Crippen LogP contribution in [-0.2, 0) is 4.74 Å². The van der Waals surface area contributed by atoms with Crippen LogP contribution in [0.3, 0.4) is 0 Å². The number of rotatable bonds is 7. The second-order valence-electron chi connectivity index (χ2n) is 7.39. The molecule has 2 atom stereocenters.